The number of hydrogen-bond donors (Lipinski definition) is 2. The number of nitrogens with one attached hydrogen (secondary N) is 1. The average molecular weight is 212 g/mol. The van der Waals surface area contributed by atoms with Crippen LogP contribution in [0, 0.1) is 5.92 Å². The largest absolute Gasteiger partial charge is 0.330 e. The lowest BCUT2D eigenvalue weighted by atomic mass is 10.1. The highest BCUT2D eigenvalue weighted by Gasteiger charge is 2.14. The molecule has 1 rings (SSSR count). The summed E-state index contributed by atoms with van der Waals surface area (Å²) >= 11 is 0. The molecular weight excluding hydrogens is 196 g/mol. The van der Waals surface area contributed by atoms with Crippen LogP contribution in [0.4, 0.5) is 5.95 Å². The molecule has 0 bridgehead atoms. The first kappa shape index (κ1) is 11.6. The van der Waals surface area contributed by atoms with Crippen LogP contribution in [0.25, 0.3) is 0 Å². The van der Waals surface area contributed by atoms with E-state index < -0.39 is 0 Å². The first-order chi connectivity index (χ1) is 7.13. The van der Waals surface area contributed by atoms with Crippen LogP contribution in [0.3, 0.4) is 0 Å². The van der Waals surface area contributed by atoms with Crippen molar-refractivity contribution in [2.75, 3.05) is 11.9 Å². The van der Waals surface area contributed by atoms with Gasteiger partial charge in [0.2, 0.25) is 5.91 Å². The maximum absolute atomic E-state index is 11.6. The van der Waals surface area contributed by atoms with Crippen LogP contribution in [0.5, 0.6) is 0 Å². The molecule has 0 aliphatic carbocycles. The summed E-state index contributed by atoms with van der Waals surface area (Å²) in [5, 5.41) is 13.7. The van der Waals surface area contributed by atoms with E-state index in [0.29, 0.717) is 6.54 Å². The van der Waals surface area contributed by atoms with Crippen LogP contribution in [-0.2, 0) is 11.8 Å². The number of rotatable bonds is 5. The Morgan fingerprint density at radius 2 is 2.40 bits per heavy atom. The summed E-state index contributed by atoms with van der Waals surface area (Å²) in [6.07, 6.45) is 1.60. The highest BCUT2D eigenvalue weighted by atomic mass is 16.2. The quantitative estimate of drug-likeness (QED) is 0.687. The van der Waals surface area contributed by atoms with Crippen molar-refractivity contribution in [2.24, 2.45) is 18.7 Å². The van der Waals surface area contributed by atoms with Gasteiger partial charge in [0.15, 0.2) is 0 Å². The molecule has 0 spiro atoms. The third-order valence-corrected chi connectivity index (χ3v) is 2.03. The summed E-state index contributed by atoms with van der Waals surface area (Å²) in [4.78, 5) is 12.9. The zero-order chi connectivity index (χ0) is 11.3. The number of nitrogens with zero attached hydrogens (tertiary/aromatic N) is 4. The van der Waals surface area contributed by atoms with E-state index >= 15 is 0 Å². The highest BCUT2D eigenvalue weighted by Crippen LogP contribution is 2.07. The van der Waals surface area contributed by atoms with Gasteiger partial charge in [0.1, 0.15) is 0 Å². The smallest absolute Gasteiger partial charge is 0.270 e. The summed E-state index contributed by atoms with van der Waals surface area (Å²) in [5.74, 6) is 0.0518. The SMILES string of the molecule is CC(CCCN)C(=O)Nc1nnn(C)n1. The number of tetrazole rings is 1. The molecule has 1 aromatic rings. The van der Waals surface area contributed by atoms with Gasteiger partial charge in [-0.15, -0.1) is 5.10 Å². The molecule has 0 saturated carbocycles. The van der Waals surface area contributed by atoms with E-state index in [4.69, 9.17) is 5.73 Å². The minimum atomic E-state index is -0.101. The van der Waals surface area contributed by atoms with E-state index in [9.17, 15) is 4.79 Å². The molecule has 0 aromatic carbocycles. The molecule has 1 amide bonds. The van der Waals surface area contributed by atoms with Gasteiger partial charge in [0, 0.05) is 5.92 Å². The van der Waals surface area contributed by atoms with E-state index in [1.54, 1.807) is 7.05 Å². The van der Waals surface area contributed by atoms with Gasteiger partial charge >= 0.3 is 0 Å². The predicted octanol–water partition coefficient (Wildman–Crippen LogP) is -0.476. The van der Waals surface area contributed by atoms with Crippen molar-refractivity contribution in [2.45, 2.75) is 19.8 Å². The lowest BCUT2D eigenvalue weighted by molar-refractivity contribution is -0.119. The first-order valence-electron chi connectivity index (χ1n) is 4.88. The molecule has 0 fully saturated rings. The molecule has 1 atom stereocenters. The van der Waals surface area contributed by atoms with Gasteiger partial charge in [-0.25, -0.2) is 0 Å². The fourth-order valence-corrected chi connectivity index (χ4v) is 1.12. The Balaban J connectivity index is 2.41. The second kappa shape index (κ2) is 5.40. The van der Waals surface area contributed by atoms with E-state index in [1.165, 1.54) is 4.80 Å². The first-order valence-corrected chi connectivity index (χ1v) is 4.88. The Bertz CT molecular complexity index is 323. The molecule has 3 N–H and O–H groups in total. The zero-order valence-electron chi connectivity index (χ0n) is 8.97. The van der Waals surface area contributed by atoms with Crippen molar-refractivity contribution in [3.63, 3.8) is 0 Å². The maximum atomic E-state index is 11.6. The minimum absolute atomic E-state index is 0.0858. The van der Waals surface area contributed by atoms with Crippen molar-refractivity contribution in [1.82, 2.24) is 20.2 Å². The molecule has 15 heavy (non-hydrogen) atoms. The third-order valence-electron chi connectivity index (χ3n) is 2.03. The highest BCUT2D eigenvalue weighted by molar-refractivity contribution is 5.90. The number of carbonyl (C=O) groups excluding carboxylic acids is 1. The summed E-state index contributed by atoms with van der Waals surface area (Å²) in [7, 11) is 1.64. The number of carbonyl (C=O) groups is 1. The Kier molecular flexibility index (Phi) is 4.17. The topological polar surface area (TPSA) is 98.7 Å². The summed E-state index contributed by atoms with van der Waals surface area (Å²) in [6.45, 7) is 2.45. The van der Waals surface area contributed by atoms with Gasteiger partial charge in [-0.3, -0.25) is 10.1 Å². The lowest BCUT2D eigenvalue weighted by Crippen LogP contribution is -2.21. The number of amides is 1. The predicted molar refractivity (Wildman–Crippen MR) is 54.9 cm³/mol. The molecule has 0 radical (unpaired) electrons. The number of nitrogens with two attached hydrogens (primary N) is 1. The Morgan fingerprint density at radius 3 is 2.93 bits per heavy atom. The fraction of sp³-hybridized carbons (Fsp3) is 0.750. The summed E-state index contributed by atoms with van der Waals surface area (Å²) in [6, 6.07) is 0. The van der Waals surface area contributed by atoms with Gasteiger partial charge in [-0.2, -0.15) is 4.80 Å². The summed E-state index contributed by atoms with van der Waals surface area (Å²) in [5.41, 5.74) is 5.36. The molecular formula is C8H16N6O. The van der Waals surface area contributed by atoms with Crippen LogP contribution in [-0.4, -0.2) is 32.7 Å². The van der Waals surface area contributed by atoms with Crippen molar-refractivity contribution in [3.8, 4) is 0 Å². The molecule has 1 heterocycles. The third kappa shape index (κ3) is 3.62. The molecule has 0 aliphatic heterocycles. The molecule has 84 valence electrons. The van der Waals surface area contributed by atoms with E-state index in [-0.39, 0.29) is 17.8 Å². The fourth-order valence-electron chi connectivity index (χ4n) is 1.12. The van der Waals surface area contributed by atoms with Gasteiger partial charge in [-0.1, -0.05) is 12.0 Å². The van der Waals surface area contributed by atoms with Crippen molar-refractivity contribution < 1.29 is 4.79 Å². The van der Waals surface area contributed by atoms with Gasteiger partial charge in [0.05, 0.1) is 7.05 Å². The van der Waals surface area contributed by atoms with Crippen molar-refractivity contribution in [1.29, 1.82) is 0 Å². The van der Waals surface area contributed by atoms with Gasteiger partial charge < -0.3 is 5.73 Å². The van der Waals surface area contributed by atoms with Crippen molar-refractivity contribution >= 4 is 11.9 Å². The van der Waals surface area contributed by atoms with Crippen LogP contribution < -0.4 is 11.1 Å². The zero-order valence-corrected chi connectivity index (χ0v) is 8.97. The summed E-state index contributed by atoms with van der Waals surface area (Å²) < 4.78 is 0. The molecule has 0 saturated heterocycles. The van der Waals surface area contributed by atoms with Gasteiger partial charge in [0.25, 0.3) is 5.95 Å². The Morgan fingerprint density at radius 1 is 1.67 bits per heavy atom. The van der Waals surface area contributed by atoms with Crippen LogP contribution in [0.1, 0.15) is 19.8 Å². The van der Waals surface area contributed by atoms with E-state index in [2.05, 4.69) is 20.7 Å². The average Bonchev–Trinajstić information content (AvgIpc) is 2.60. The minimum Gasteiger partial charge on any atom is -0.330 e. The Hall–Kier alpha value is -1.50. The van der Waals surface area contributed by atoms with Crippen LogP contribution in [0.2, 0.25) is 0 Å². The second-order valence-corrected chi connectivity index (χ2v) is 3.42. The second-order valence-electron chi connectivity index (χ2n) is 3.42. The molecule has 1 aromatic heterocycles. The van der Waals surface area contributed by atoms with Crippen LogP contribution in [0.15, 0.2) is 0 Å². The number of aryl methyl sites for hydroxylation is 1. The van der Waals surface area contributed by atoms with E-state index in [1.807, 2.05) is 6.92 Å². The van der Waals surface area contributed by atoms with E-state index in [0.717, 1.165) is 12.8 Å². The monoisotopic (exact) mass is 212 g/mol. The maximum Gasteiger partial charge on any atom is 0.270 e. The Labute approximate surface area is 88.0 Å². The molecule has 0 aliphatic rings. The standard InChI is InChI=1S/C8H16N6O/c1-6(4-3-5-9)7(15)10-8-11-13-14(2)12-8/h6H,3-5,9H2,1-2H3,(H,10,12,15). The normalized spacial score (nSPS) is 12.5. The lowest BCUT2D eigenvalue weighted by Gasteiger charge is -2.08. The van der Waals surface area contributed by atoms with Crippen molar-refractivity contribution in [3.05, 3.63) is 0 Å². The van der Waals surface area contributed by atoms with Gasteiger partial charge in [-0.05, 0) is 24.6 Å². The number of anilines is 1. The number of hydrogen-bond acceptors (Lipinski definition) is 5. The van der Waals surface area contributed by atoms with Crippen LogP contribution >= 0.6 is 0 Å². The molecule has 7 heteroatoms. The molecule has 7 nitrogen and oxygen atoms in total. The molecule has 1 unspecified atom stereocenters. The number of aromatic nitrogens is 4.